The molecule has 1 rings (SSSR count). The molecule has 1 aromatic rings. The zero-order valence-electron chi connectivity index (χ0n) is 7.17. The molecule has 4 heteroatoms. The molecular formula is C7H4Br2F2. The van der Waals surface area contributed by atoms with Gasteiger partial charge in [0.1, 0.15) is 11.6 Å². The van der Waals surface area contributed by atoms with Crippen LogP contribution in [0, 0.1) is 11.6 Å². The topological polar surface area (TPSA) is 0 Å². The lowest BCUT2D eigenvalue weighted by atomic mass is 10.2. The van der Waals surface area contributed by atoms with Crippen molar-refractivity contribution < 1.29 is 11.5 Å². The number of rotatable bonds is 1. The van der Waals surface area contributed by atoms with Gasteiger partial charge in [0.2, 0.25) is 0 Å². The summed E-state index contributed by atoms with van der Waals surface area (Å²) in [6.45, 7) is 0. The molecule has 0 aliphatic carbocycles. The van der Waals surface area contributed by atoms with Crippen LogP contribution in [0.5, 0.6) is 0 Å². The second kappa shape index (κ2) is 3.63. The Labute approximate surface area is 82.7 Å². The van der Waals surface area contributed by atoms with E-state index in [1.807, 2.05) is 0 Å². The van der Waals surface area contributed by atoms with Crippen molar-refractivity contribution in [3.05, 3.63) is 33.8 Å². The lowest BCUT2D eigenvalue weighted by Crippen LogP contribution is -1.91. The molecule has 0 aliphatic heterocycles. The molecule has 0 saturated heterocycles. The van der Waals surface area contributed by atoms with Gasteiger partial charge in [-0.15, -0.1) is 0 Å². The lowest BCUT2D eigenvalue weighted by molar-refractivity contribution is 0.565. The fraction of sp³-hybridized carbons (Fsp3) is 0.143. The standard InChI is InChI=1S/C7H4Br2F2/c8-3-5-6(10)1-4(9)2-7(5)11/h1-2H,3H2/i3D2. The molecule has 60 valence electrons. The molecule has 0 heterocycles. The lowest BCUT2D eigenvalue weighted by Gasteiger charge is -2.00. The van der Waals surface area contributed by atoms with Crippen LogP contribution < -0.4 is 0 Å². The highest BCUT2D eigenvalue weighted by Crippen LogP contribution is 2.20. The average molecular weight is 288 g/mol. The summed E-state index contributed by atoms with van der Waals surface area (Å²) in [7, 11) is 0. The molecule has 0 aliphatic rings. The molecule has 0 radical (unpaired) electrons. The highest BCUT2D eigenvalue weighted by molar-refractivity contribution is 9.10. The van der Waals surface area contributed by atoms with Crippen LogP contribution in [0.2, 0.25) is 0 Å². The van der Waals surface area contributed by atoms with Crippen molar-refractivity contribution in [2.24, 2.45) is 0 Å². The molecule has 11 heavy (non-hydrogen) atoms. The highest BCUT2D eigenvalue weighted by atomic mass is 79.9. The summed E-state index contributed by atoms with van der Waals surface area (Å²) in [4.78, 5) is 0. The van der Waals surface area contributed by atoms with Gasteiger partial charge >= 0.3 is 0 Å². The van der Waals surface area contributed by atoms with Gasteiger partial charge in [-0.2, -0.15) is 0 Å². The first kappa shape index (κ1) is 6.54. The van der Waals surface area contributed by atoms with Gasteiger partial charge in [-0.1, -0.05) is 31.9 Å². The second-order valence-electron chi connectivity index (χ2n) is 1.84. The third-order valence-electron chi connectivity index (χ3n) is 1.10. The number of alkyl halides is 1. The van der Waals surface area contributed by atoms with E-state index in [0.717, 1.165) is 12.1 Å². The van der Waals surface area contributed by atoms with E-state index < -0.39 is 22.5 Å². The first-order valence-electron chi connectivity index (χ1n) is 3.66. The Morgan fingerprint density at radius 3 is 2.18 bits per heavy atom. The van der Waals surface area contributed by atoms with E-state index in [4.69, 9.17) is 2.74 Å². The quantitative estimate of drug-likeness (QED) is 0.692. The predicted octanol–water partition coefficient (Wildman–Crippen LogP) is 3.62. The Kier molecular flexibility index (Phi) is 2.16. The largest absolute Gasteiger partial charge is 0.207 e. The predicted molar refractivity (Wildman–Crippen MR) is 46.7 cm³/mol. The van der Waals surface area contributed by atoms with Gasteiger partial charge in [-0.3, -0.25) is 0 Å². The summed E-state index contributed by atoms with van der Waals surface area (Å²) in [6, 6.07) is 2.02. The van der Waals surface area contributed by atoms with E-state index in [0.29, 0.717) is 0 Å². The minimum atomic E-state index is -2.19. The van der Waals surface area contributed by atoms with Crippen LogP contribution in [-0.4, -0.2) is 0 Å². The van der Waals surface area contributed by atoms with Gasteiger partial charge in [-0.25, -0.2) is 8.78 Å². The van der Waals surface area contributed by atoms with Crippen LogP contribution in [0.25, 0.3) is 0 Å². The molecule has 0 amide bonds. The van der Waals surface area contributed by atoms with Crippen LogP contribution in [0.1, 0.15) is 8.30 Å². The van der Waals surface area contributed by atoms with E-state index in [9.17, 15) is 8.78 Å². The molecular weight excluding hydrogens is 282 g/mol. The maximum atomic E-state index is 13.1. The van der Waals surface area contributed by atoms with Crippen LogP contribution >= 0.6 is 31.9 Å². The number of hydrogen-bond donors (Lipinski definition) is 0. The Balaban J connectivity index is 3.38. The first-order valence-corrected chi connectivity index (χ1v) is 4.25. The highest BCUT2D eigenvalue weighted by Gasteiger charge is 2.07. The van der Waals surface area contributed by atoms with Gasteiger partial charge in [0.05, 0.1) is 0 Å². The minimum absolute atomic E-state index is 0.239. The summed E-state index contributed by atoms with van der Waals surface area (Å²) in [5, 5.41) is -2.19. The molecule has 0 atom stereocenters. The smallest absolute Gasteiger partial charge is 0.131 e. The van der Waals surface area contributed by atoms with Gasteiger partial charge < -0.3 is 0 Å². The zero-order chi connectivity index (χ0) is 10.2. The van der Waals surface area contributed by atoms with E-state index >= 15 is 0 Å². The number of benzene rings is 1. The van der Waals surface area contributed by atoms with Crippen molar-refractivity contribution in [2.75, 3.05) is 0 Å². The number of hydrogen-bond acceptors (Lipinski definition) is 0. The number of halogens is 4. The van der Waals surface area contributed by atoms with Crippen molar-refractivity contribution in [2.45, 2.75) is 5.28 Å². The maximum absolute atomic E-state index is 13.1. The van der Waals surface area contributed by atoms with E-state index in [1.165, 1.54) is 0 Å². The summed E-state index contributed by atoms with van der Waals surface area (Å²) >= 11 is 5.45. The van der Waals surface area contributed by atoms with E-state index in [1.54, 1.807) is 0 Å². The van der Waals surface area contributed by atoms with Gasteiger partial charge in [0, 0.05) is 18.1 Å². The SMILES string of the molecule is [2H]C([2H])(Br)c1c(F)cc(Br)cc1F. The minimum Gasteiger partial charge on any atom is -0.207 e. The molecule has 0 unspecified atom stereocenters. The third kappa shape index (κ3) is 1.99. The van der Waals surface area contributed by atoms with Crippen LogP contribution in [0.15, 0.2) is 16.6 Å². The van der Waals surface area contributed by atoms with Gasteiger partial charge in [0.15, 0.2) is 0 Å². The summed E-state index contributed by atoms with van der Waals surface area (Å²) in [6.07, 6.45) is 0. The van der Waals surface area contributed by atoms with E-state index in [2.05, 4.69) is 31.9 Å². The third-order valence-corrected chi connectivity index (χ3v) is 1.96. The fourth-order valence-corrected chi connectivity index (χ4v) is 1.41. The monoisotopic (exact) mass is 286 g/mol. The van der Waals surface area contributed by atoms with E-state index in [-0.39, 0.29) is 4.47 Å². The van der Waals surface area contributed by atoms with Crippen molar-refractivity contribution in [1.29, 1.82) is 0 Å². The Morgan fingerprint density at radius 1 is 1.36 bits per heavy atom. The Bertz CT molecular complexity index is 313. The molecule has 0 N–H and O–H groups in total. The molecule has 0 aromatic heterocycles. The second-order valence-corrected chi connectivity index (χ2v) is 3.15. The summed E-state index contributed by atoms with van der Waals surface area (Å²) in [5.74, 6) is -1.84. The Hall–Kier alpha value is 0.0400. The molecule has 0 nitrogen and oxygen atoms in total. The normalized spacial score (nSPS) is 14.2. The van der Waals surface area contributed by atoms with Gasteiger partial charge in [-0.05, 0) is 12.1 Å². The van der Waals surface area contributed by atoms with Crippen LogP contribution in [-0.2, 0) is 5.28 Å². The zero-order valence-corrected chi connectivity index (χ0v) is 8.34. The maximum Gasteiger partial charge on any atom is 0.131 e. The molecule has 0 spiro atoms. The molecule has 1 aromatic carbocycles. The first-order chi connectivity index (χ1) is 5.82. The van der Waals surface area contributed by atoms with Crippen LogP contribution in [0.3, 0.4) is 0 Å². The molecule has 0 saturated carbocycles. The van der Waals surface area contributed by atoms with Crippen molar-refractivity contribution >= 4 is 31.9 Å². The molecule has 0 bridgehead atoms. The van der Waals surface area contributed by atoms with Crippen molar-refractivity contribution in [3.63, 3.8) is 0 Å². The fourth-order valence-electron chi connectivity index (χ4n) is 0.632. The van der Waals surface area contributed by atoms with Crippen LogP contribution in [0.4, 0.5) is 8.78 Å². The summed E-state index contributed by atoms with van der Waals surface area (Å²) in [5.41, 5.74) is -0.615. The van der Waals surface area contributed by atoms with Crippen molar-refractivity contribution in [1.82, 2.24) is 0 Å². The summed E-state index contributed by atoms with van der Waals surface area (Å²) < 4.78 is 40.6. The molecule has 0 fully saturated rings. The Morgan fingerprint density at radius 2 is 1.82 bits per heavy atom. The van der Waals surface area contributed by atoms with Crippen molar-refractivity contribution in [3.8, 4) is 0 Å². The van der Waals surface area contributed by atoms with Gasteiger partial charge in [0.25, 0.3) is 0 Å². The average Bonchev–Trinajstić information content (AvgIpc) is 1.78.